The van der Waals surface area contributed by atoms with Gasteiger partial charge in [-0.1, -0.05) is 32.1 Å². The van der Waals surface area contributed by atoms with Crippen LogP contribution in [0.3, 0.4) is 0 Å². The van der Waals surface area contributed by atoms with Crippen LogP contribution in [-0.4, -0.2) is 28.8 Å². The third-order valence-corrected chi connectivity index (χ3v) is 6.63. The molecule has 34 heavy (non-hydrogen) atoms. The third-order valence-electron chi connectivity index (χ3n) is 6.63. The van der Waals surface area contributed by atoms with Gasteiger partial charge < -0.3 is 15.7 Å². The second-order valence-corrected chi connectivity index (χ2v) is 9.17. The molecule has 2 aliphatic rings. The molecule has 0 spiro atoms. The smallest absolute Gasteiger partial charge is 0.329 e. The van der Waals surface area contributed by atoms with Crippen LogP contribution in [0.5, 0.6) is 0 Å². The molecule has 0 unspecified atom stereocenters. The quantitative estimate of drug-likeness (QED) is 0.220. The zero-order valence-electron chi connectivity index (χ0n) is 19.3. The summed E-state index contributed by atoms with van der Waals surface area (Å²) < 4.78 is 27.1. The molecule has 0 bridgehead atoms. The number of hydrogen-bond donors (Lipinski definition) is 3. The molecule has 0 saturated heterocycles. The number of carbonyl (C=O) groups is 3. The molecule has 184 valence electrons. The van der Waals surface area contributed by atoms with E-state index >= 15 is 0 Å². The van der Waals surface area contributed by atoms with Gasteiger partial charge in [0.15, 0.2) is 6.29 Å². The van der Waals surface area contributed by atoms with Gasteiger partial charge in [-0.3, -0.25) is 9.59 Å². The Morgan fingerprint density at radius 1 is 0.941 bits per heavy atom. The van der Waals surface area contributed by atoms with Crippen molar-refractivity contribution in [3.8, 4) is 0 Å². The van der Waals surface area contributed by atoms with E-state index in [2.05, 4.69) is 10.6 Å². The second-order valence-electron chi connectivity index (χ2n) is 9.17. The van der Waals surface area contributed by atoms with Gasteiger partial charge in [-0.25, -0.2) is 13.6 Å². The van der Waals surface area contributed by atoms with E-state index in [-0.39, 0.29) is 12.1 Å². The average Bonchev–Trinajstić information content (AvgIpc) is 2.78. The first-order chi connectivity index (χ1) is 16.3. The highest BCUT2D eigenvalue weighted by molar-refractivity contribution is 6.12. The largest absolute Gasteiger partial charge is 0.480 e. The lowest BCUT2D eigenvalue weighted by Crippen LogP contribution is -2.56. The summed E-state index contributed by atoms with van der Waals surface area (Å²) in [6.07, 6.45) is 10.1. The van der Waals surface area contributed by atoms with Crippen LogP contribution in [-0.2, 0) is 20.9 Å². The first-order valence-electron chi connectivity index (χ1n) is 12.0. The van der Waals surface area contributed by atoms with E-state index in [0.29, 0.717) is 50.4 Å². The summed E-state index contributed by atoms with van der Waals surface area (Å²) in [6, 6.07) is 3.34. The van der Waals surface area contributed by atoms with Gasteiger partial charge in [-0.15, -0.1) is 0 Å². The lowest BCUT2D eigenvalue weighted by Gasteiger charge is -2.34. The molecule has 3 rings (SSSR count). The normalized spacial score (nSPS) is 21.2. The summed E-state index contributed by atoms with van der Waals surface area (Å²) in [5.41, 5.74) is 0.571. The van der Waals surface area contributed by atoms with Crippen LogP contribution in [0.4, 0.5) is 8.78 Å². The Morgan fingerprint density at radius 2 is 1.56 bits per heavy atom. The van der Waals surface area contributed by atoms with Gasteiger partial charge in [0.05, 0.1) is 5.57 Å². The van der Waals surface area contributed by atoms with Crippen molar-refractivity contribution in [1.82, 2.24) is 10.6 Å². The number of benzene rings is 1. The summed E-state index contributed by atoms with van der Waals surface area (Å²) in [6.45, 7) is 0.200. The van der Waals surface area contributed by atoms with Crippen molar-refractivity contribution in [2.24, 2.45) is 0 Å². The molecule has 8 heteroatoms. The van der Waals surface area contributed by atoms with Gasteiger partial charge in [0.25, 0.3) is 5.91 Å². The molecule has 1 amide bonds. The molecule has 0 aromatic heterocycles. The highest BCUT2D eigenvalue weighted by Gasteiger charge is 2.41. The number of carbonyl (C=O) groups excluding carboxylic acids is 2. The van der Waals surface area contributed by atoms with Gasteiger partial charge in [0.2, 0.25) is 0 Å². The fourth-order valence-electron chi connectivity index (χ4n) is 4.74. The number of aliphatic carboxylic acids is 1. The van der Waals surface area contributed by atoms with Crippen LogP contribution in [0, 0.1) is 11.6 Å². The molecule has 0 atom stereocenters. The van der Waals surface area contributed by atoms with E-state index in [1.54, 1.807) is 0 Å². The van der Waals surface area contributed by atoms with Crippen molar-refractivity contribution in [2.45, 2.75) is 82.7 Å². The number of hydrogen-bond acceptors (Lipinski definition) is 4. The van der Waals surface area contributed by atoms with Gasteiger partial charge >= 0.3 is 5.97 Å². The minimum absolute atomic E-state index is 0.127. The first kappa shape index (κ1) is 25.6. The SMILES string of the molecule is O=C/C(=C\C1=C(/NCc2cc(F)cc(F)c2)CCCCCC1)C(=O)NC1(C(=O)O)CCCCC1. The molecule has 6 nitrogen and oxygen atoms in total. The van der Waals surface area contributed by atoms with Crippen LogP contribution < -0.4 is 10.6 Å². The van der Waals surface area contributed by atoms with Gasteiger partial charge in [0, 0.05) is 18.3 Å². The van der Waals surface area contributed by atoms with Gasteiger partial charge in [-0.2, -0.15) is 0 Å². The van der Waals surface area contributed by atoms with Crippen molar-refractivity contribution in [2.75, 3.05) is 0 Å². The minimum atomic E-state index is -1.35. The standard InChI is InChI=1S/C26H32F2N2O4/c27-21-12-18(13-22(28)15-21)16-29-23-9-5-2-1-4-8-19(23)14-20(17-31)24(32)30-26(25(33)34)10-6-3-7-11-26/h12-15,17,29H,1-11,16H2,(H,30,32)(H,33,34)/b20-14+,23-19-. The maximum Gasteiger partial charge on any atom is 0.329 e. The molecule has 0 heterocycles. The highest BCUT2D eigenvalue weighted by Crippen LogP contribution is 2.29. The zero-order valence-corrected chi connectivity index (χ0v) is 19.3. The Bertz CT molecular complexity index is 961. The predicted molar refractivity (Wildman–Crippen MR) is 124 cm³/mol. The maximum atomic E-state index is 13.6. The molecule has 1 fully saturated rings. The van der Waals surface area contributed by atoms with Crippen LogP contribution in [0.1, 0.15) is 76.2 Å². The van der Waals surface area contributed by atoms with Gasteiger partial charge in [0.1, 0.15) is 17.2 Å². The average molecular weight is 475 g/mol. The van der Waals surface area contributed by atoms with E-state index in [9.17, 15) is 28.3 Å². The van der Waals surface area contributed by atoms with Crippen molar-refractivity contribution in [3.63, 3.8) is 0 Å². The van der Waals surface area contributed by atoms with Crippen LogP contribution >= 0.6 is 0 Å². The maximum absolute atomic E-state index is 13.6. The van der Waals surface area contributed by atoms with Crippen molar-refractivity contribution < 1.29 is 28.3 Å². The monoisotopic (exact) mass is 474 g/mol. The number of rotatable bonds is 8. The van der Waals surface area contributed by atoms with E-state index in [1.807, 2.05) is 0 Å². The van der Waals surface area contributed by atoms with Crippen LogP contribution in [0.2, 0.25) is 0 Å². The number of carboxylic acid groups (broad SMARTS) is 1. The highest BCUT2D eigenvalue weighted by atomic mass is 19.1. The first-order valence-corrected chi connectivity index (χ1v) is 12.0. The fourth-order valence-corrected chi connectivity index (χ4v) is 4.74. The van der Waals surface area contributed by atoms with Crippen LogP contribution in [0.25, 0.3) is 0 Å². The Hall–Kier alpha value is -3.03. The summed E-state index contributed by atoms with van der Waals surface area (Å²) in [4.78, 5) is 36.7. The van der Waals surface area contributed by atoms with Crippen molar-refractivity contribution in [1.29, 1.82) is 0 Å². The molecule has 1 saturated carbocycles. The number of carboxylic acids is 1. The predicted octanol–water partition coefficient (Wildman–Crippen LogP) is 4.69. The number of aldehydes is 1. The minimum Gasteiger partial charge on any atom is -0.480 e. The number of halogens is 2. The Labute approximate surface area is 198 Å². The molecule has 2 aliphatic carbocycles. The van der Waals surface area contributed by atoms with Crippen LogP contribution in [0.15, 0.2) is 41.1 Å². The van der Waals surface area contributed by atoms with E-state index < -0.39 is 29.0 Å². The number of amides is 1. The molecule has 0 radical (unpaired) electrons. The van der Waals surface area contributed by atoms with Gasteiger partial charge in [-0.05, 0) is 67.9 Å². The Morgan fingerprint density at radius 3 is 2.18 bits per heavy atom. The van der Waals surface area contributed by atoms with E-state index in [1.165, 1.54) is 18.2 Å². The summed E-state index contributed by atoms with van der Waals surface area (Å²) >= 11 is 0. The molecule has 1 aromatic rings. The Kier molecular flexibility index (Phi) is 8.96. The van der Waals surface area contributed by atoms with Crippen molar-refractivity contribution >= 4 is 18.2 Å². The van der Waals surface area contributed by atoms with E-state index in [0.717, 1.165) is 49.4 Å². The molecule has 1 aromatic carbocycles. The fraction of sp³-hybridized carbons (Fsp3) is 0.500. The second kappa shape index (κ2) is 11.9. The topological polar surface area (TPSA) is 95.5 Å². The molecule has 3 N–H and O–H groups in total. The lowest BCUT2D eigenvalue weighted by atomic mass is 9.81. The number of nitrogens with one attached hydrogen (secondary N) is 2. The summed E-state index contributed by atoms with van der Waals surface area (Å²) in [7, 11) is 0. The number of allylic oxidation sites excluding steroid dienone is 3. The summed E-state index contributed by atoms with van der Waals surface area (Å²) in [5.74, 6) is -3.09. The lowest BCUT2D eigenvalue weighted by molar-refractivity contribution is -0.148. The third kappa shape index (κ3) is 6.74. The molecular formula is C26H32F2N2O4. The summed E-state index contributed by atoms with van der Waals surface area (Å²) in [5, 5.41) is 15.6. The Balaban J connectivity index is 1.85. The van der Waals surface area contributed by atoms with Crippen molar-refractivity contribution in [3.05, 3.63) is 58.3 Å². The zero-order chi connectivity index (χ0) is 24.6. The molecular weight excluding hydrogens is 442 g/mol. The van der Waals surface area contributed by atoms with E-state index in [4.69, 9.17) is 0 Å². The molecule has 0 aliphatic heterocycles.